The molecule has 0 N–H and O–H groups in total. The summed E-state index contributed by atoms with van der Waals surface area (Å²) in [4.78, 5) is 2.60. The molecule has 0 amide bonds. The molecule has 210 valence electrons. The van der Waals surface area contributed by atoms with Crippen molar-refractivity contribution in [1.29, 1.82) is 0 Å². The molecule has 9 aromatic rings. The largest absolute Gasteiger partial charge is 0.134 e. The number of rotatable bonds is 4. The van der Waals surface area contributed by atoms with Crippen molar-refractivity contribution in [3.8, 4) is 43.1 Å². The van der Waals surface area contributed by atoms with Gasteiger partial charge in [0.25, 0.3) is 0 Å². The van der Waals surface area contributed by atoms with E-state index in [4.69, 9.17) is 0 Å². The minimum atomic E-state index is 1.23. The molecule has 0 saturated heterocycles. The minimum Gasteiger partial charge on any atom is -0.134 e. The van der Waals surface area contributed by atoms with E-state index in [9.17, 15) is 0 Å². The number of fused-ring (bicyclic) bond motifs is 6. The van der Waals surface area contributed by atoms with Gasteiger partial charge in [-0.2, -0.15) is 0 Å². The van der Waals surface area contributed by atoms with Crippen molar-refractivity contribution in [2.45, 2.75) is 0 Å². The summed E-state index contributed by atoms with van der Waals surface area (Å²) < 4.78 is 0. The lowest BCUT2D eigenvalue weighted by molar-refractivity contribution is 1.63. The fraction of sp³-hybridized carbons (Fsp3) is 0. The van der Waals surface area contributed by atoms with Crippen molar-refractivity contribution in [2.75, 3.05) is 0 Å². The van der Waals surface area contributed by atoms with Crippen LogP contribution in [0.25, 0.3) is 86.2 Å². The van der Waals surface area contributed by atoms with Gasteiger partial charge < -0.3 is 0 Å². The Morgan fingerprint density at radius 3 is 1.04 bits per heavy atom. The van der Waals surface area contributed by atoms with Crippen molar-refractivity contribution in [2.24, 2.45) is 0 Å². The molecule has 0 spiro atoms. The second-order valence-corrected chi connectivity index (χ2v) is 12.6. The lowest BCUT2D eigenvalue weighted by atomic mass is 9.88. The molecule has 1 heterocycles. The quantitative estimate of drug-likeness (QED) is 0.179. The van der Waals surface area contributed by atoms with E-state index in [1.54, 1.807) is 0 Å². The predicted molar refractivity (Wildman–Crippen MR) is 196 cm³/mol. The van der Waals surface area contributed by atoms with Crippen LogP contribution in [0.5, 0.6) is 0 Å². The lowest BCUT2D eigenvalue weighted by Crippen LogP contribution is -1.88. The predicted octanol–water partition coefficient (Wildman–Crippen LogP) is 13.0. The topological polar surface area (TPSA) is 0 Å². The Morgan fingerprint density at radius 2 is 0.622 bits per heavy atom. The fourth-order valence-corrected chi connectivity index (χ4v) is 8.46. The van der Waals surface area contributed by atoms with Crippen molar-refractivity contribution >= 4 is 54.4 Å². The van der Waals surface area contributed by atoms with E-state index in [2.05, 4.69) is 170 Å². The van der Waals surface area contributed by atoms with Crippen LogP contribution in [0.3, 0.4) is 0 Å². The van der Waals surface area contributed by atoms with Gasteiger partial charge in [0.05, 0.1) is 0 Å². The zero-order chi connectivity index (χ0) is 29.7. The van der Waals surface area contributed by atoms with Crippen LogP contribution < -0.4 is 0 Å². The van der Waals surface area contributed by atoms with E-state index in [0.29, 0.717) is 0 Å². The average molecular weight is 589 g/mol. The van der Waals surface area contributed by atoms with Crippen molar-refractivity contribution in [3.05, 3.63) is 170 Å². The highest BCUT2D eigenvalue weighted by Crippen LogP contribution is 2.55. The summed E-state index contributed by atoms with van der Waals surface area (Å²) in [6, 6.07) is 62.1. The molecule has 1 aromatic heterocycles. The van der Waals surface area contributed by atoms with E-state index in [-0.39, 0.29) is 0 Å². The molecular formula is C44H28S. The molecule has 0 unspecified atom stereocenters. The van der Waals surface area contributed by atoms with Gasteiger partial charge in [-0.25, -0.2) is 0 Å². The van der Waals surface area contributed by atoms with Gasteiger partial charge in [0.15, 0.2) is 0 Å². The van der Waals surface area contributed by atoms with E-state index >= 15 is 0 Å². The normalized spacial score (nSPS) is 11.6. The summed E-state index contributed by atoms with van der Waals surface area (Å²) in [5.74, 6) is 0. The third-order valence-corrected chi connectivity index (χ3v) is 10.3. The van der Waals surface area contributed by atoms with Crippen LogP contribution in [0, 0.1) is 0 Å². The first-order valence-electron chi connectivity index (χ1n) is 15.4. The van der Waals surface area contributed by atoms with Gasteiger partial charge in [-0.05, 0) is 66.3 Å². The standard InChI is InChI=1S/C44H28S/c1-3-15-29(16-4-1)41-42(30-17-5-2-6-18-30)44(40-28-32-20-8-10-22-34(32)36-24-12-14-26-38(36)40)45-43(41)39-27-31-19-7-9-21-33(31)35-23-11-13-25-37(35)39/h1-28H. The van der Waals surface area contributed by atoms with Crippen molar-refractivity contribution in [1.82, 2.24) is 0 Å². The first kappa shape index (κ1) is 25.9. The zero-order valence-corrected chi connectivity index (χ0v) is 25.4. The fourth-order valence-electron chi connectivity index (χ4n) is 7.06. The highest BCUT2D eigenvalue weighted by atomic mass is 32.1. The molecule has 45 heavy (non-hydrogen) atoms. The van der Waals surface area contributed by atoms with Gasteiger partial charge >= 0.3 is 0 Å². The molecule has 0 saturated carbocycles. The first-order valence-corrected chi connectivity index (χ1v) is 16.3. The van der Waals surface area contributed by atoms with Crippen LogP contribution in [0.2, 0.25) is 0 Å². The Bertz CT molecular complexity index is 2340. The second kappa shape index (κ2) is 10.6. The molecule has 0 aliphatic rings. The summed E-state index contributed by atoms with van der Waals surface area (Å²) >= 11 is 1.93. The van der Waals surface area contributed by atoms with Crippen LogP contribution in [0.15, 0.2) is 170 Å². The molecule has 0 fully saturated rings. The van der Waals surface area contributed by atoms with Crippen molar-refractivity contribution < 1.29 is 0 Å². The maximum Gasteiger partial charge on any atom is 0.0440 e. The summed E-state index contributed by atoms with van der Waals surface area (Å²) in [7, 11) is 0. The van der Waals surface area contributed by atoms with Gasteiger partial charge in [0.1, 0.15) is 0 Å². The number of benzene rings is 8. The number of hydrogen-bond donors (Lipinski definition) is 0. The summed E-state index contributed by atoms with van der Waals surface area (Å²) in [5, 5.41) is 10.2. The molecule has 8 aromatic carbocycles. The first-order chi connectivity index (χ1) is 22.3. The van der Waals surface area contributed by atoms with E-state index < -0.39 is 0 Å². The monoisotopic (exact) mass is 588 g/mol. The zero-order valence-electron chi connectivity index (χ0n) is 24.6. The SMILES string of the molecule is c1ccc(-c2c(-c3cc4ccccc4c4ccccc34)sc(-c3cc4ccccc4c4ccccc34)c2-c2ccccc2)cc1. The van der Waals surface area contributed by atoms with Crippen molar-refractivity contribution in [3.63, 3.8) is 0 Å². The highest BCUT2D eigenvalue weighted by molar-refractivity contribution is 7.20. The summed E-state index contributed by atoms with van der Waals surface area (Å²) in [6.45, 7) is 0. The van der Waals surface area contributed by atoms with E-state index in [0.717, 1.165) is 0 Å². The molecule has 0 radical (unpaired) electrons. The summed E-state index contributed by atoms with van der Waals surface area (Å²) in [5.41, 5.74) is 7.61. The molecule has 0 atom stereocenters. The Balaban J connectivity index is 1.48. The Kier molecular flexibility index (Phi) is 6.11. The van der Waals surface area contributed by atoms with Crippen LogP contribution >= 0.6 is 11.3 Å². The molecule has 9 rings (SSSR count). The van der Waals surface area contributed by atoms with Gasteiger partial charge in [0.2, 0.25) is 0 Å². The highest BCUT2D eigenvalue weighted by Gasteiger charge is 2.25. The smallest absolute Gasteiger partial charge is 0.0440 e. The van der Waals surface area contributed by atoms with Crippen LogP contribution in [0.4, 0.5) is 0 Å². The average Bonchev–Trinajstić information content (AvgIpc) is 3.52. The third kappa shape index (κ3) is 4.20. The molecule has 0 aliphatic carbocycles. The van der Waals surface area contributed by atoms with E-state index in [1.807, 2.05) is 11.3 Å². The van der Waals surface area contributed by atoms with Gasteiger partial charge in [-0.1, -0.05) is 158 Å². The molecule has 0 bridgehead atoms. The van der Waals surface area contributed by atoms with Crippen LogP contribution in [-0.4, -0.2) is 0 Å². The van der Waals surface area contributed by atoms with Gasteiger partial charge in [-0.3, -0.25) is 0 Å². The van der Waals surface area contributed by atoms with Gasteiger partial charge in [0, 0.05) is 32.0 Å². The Labute approximate surface area is 266 Å². The third-order valence-electron chi connectivity index (χ3n) is 9.06. The number of thiophene rings is 1. The molecule has 1 heteroatoms. The second-order valence-electron chi connectivity index (χ2n) is 11.6. The maximum atomic E-state index is 2.41. The molecule has 0 nitrogen and oxygen atoms in total. The minimum absolute atomic E-state index is 1.23. The molecule has 0 aliphatic heterocycles. The maximum absolute atomic E-state index is 2.41. The summed E-state index contributed by atoms with van der Waals surface area (Å²) in [6.07, 6.45) is 0. The lowest BCUT2D eigenvalue weighted by Gasteiger charge is -2.14. The van der Waals surface area contributed by atoms with Crippen LogP contribution in [0.1, 0.15) is 0 Å². The van der Waals surface area contributed by atoms with Crippen LogP contribution in [-0.2, 0) is 0 Å². The Hall–Kier alpha value is -5.50. The van der Waals surface area contributed by atoms with E-state index in [1.165, 1.54) is 86.2 Å². The van der Waals surface area contributed by atoms with Gasteiger partial charge in [-0.15, -0.1) is 11.3 Å². The number of hydrogen-bond acceptors (Lipinski definition) is 1. The Morgan fingerprint density at radius 1 is 0.289 bits per heavy atom. The molecular weight excluding hydrogens is 561 g/mol.